The SMILES string of the molecule is C[C@@H]1C[C@H]2CCCC[C@@H]2N1C1CCCC1. The van der Waals surface area contributed by atoms with Crippen LogP contribution in [0.5, 0.6) is 0 Å². The predicted molar refractivity (Wildman–Crippen MR) is 63.9 cm³/mol. The Morgan fingerprint density at radius 2 is 1.53 bits per heavy atom. The van der Waals surface area contributed by atoms with Crippen molar-refractivity contribution in [3.63, 3.8) is 0 Å². The minimum atomic E-state index is 0.890. The second-order valence-corrected chi connectivity index (χ2v) is 6.08. The van der Waals surface area contributed by atoms with Crippen molar-refractivity contribution >= 4 is 0 Å². The topological polar surface area (TPSA) is 3.24 Å². The number of likely N-dealkylation sites (tertiary alicyclic amines) is 1. The highest BCUT2D eigenvalue weighted by atomic mass is 15.2. The Balaban J connectivity index is 1.74. The molecule has 3 atom stereocenters. The van der Waals surface area contributed by atoms with E-state index >= 15 is 0 Å². The molecule has 0 bridgehead atoms. The van der Waals surface area contributed by atoms with Gasteiger partial charge in [0, 0.05) is 18.1 Å². The Morgan fingerprint density at radius 1 is 0.867 bits per heavy atom. The highest BCUT2D eigenvalue weighted by molar-refractivity contribution is 4.97. The maximum atomic E-state index is 2.94. The van der Waals surface area contributed by atoms with Crippen LogP contribution in [0.4, 0.5) is 0 Å². The smallest absolute Gasteiger partial charge is 0.0130 e. The van der Waals surface area contributed by atoms with Crippen molar-refractivity contribution in [2.45, 2.75) is 82.8 Å². The van der Waals surface area contributed by atoms with Crippen LogP contribution in [0.2, 0.25) is 0 Å². The molecule has 3 aliphatic rings. The van der Waals surface area contributed by atoms with Gasteiger partial charge in [0.2, 0.25) is 0 Å². The minimum Gasteiger partial charge on any atom is -0.294 e. The molecular formula is C14H25N. The highest BCUT2D eigenvalue weighted by Gasteiger charge is 2.43. The minimum absolute atomic E-state index is 0.890. The molecule has 1 saturated heterocycles. The van der Waals surface area contributed by atoms with Gasteiger partial charge < -0.3 is 0 Å². The molecule has 1 aliphatic heterocycles. The zero-order valence-corrected chi connectivity index (χ0v) is 10.1. The van der Waals surface area contributed by atoms with Gasteiger partial charge in [0.25, 0.3) is 0 Å². The Bertz CT molecular complexity index is 219. The molecule has 2 aliphatic carbocycles. The van der Waals surface area contributed by atoms with Crippen molar-refractivity contribution < 1.29 is 0 Å². The number of hydrogen-bond acceptors (Lipinski definition) is 1. The lowest BCUT2D eigenvalue weighted by Gasteiger charge is -2.37. The molecule has 0 amide bonds. The third-order valence-corrected chi connectivity index (χ3v) is 5.15. The number of fused-ring (bicyclic) bond motifs is 1. The van der Waals surface area contributed by atoms with E-state index in [1.807, 2.05) is 0 Å². The maximum absolute atomic E-state index is 2.94. The molecule has 86 valence electrons. The first-order chi connectivity index (χ1) is 7.36. The highest BCUT2D eigenvalue weighted by Crippen LogP contribution is 2.43. The molecule has 1 nitrogen and oxygen atoms in total. The van der Waals surface area contributed by atoms with E-state index in [-0.39, 0.29) is 0 Å². The third kappa shape index (κ3) is 1.73. The van der Waals surface area contributed by atoms with E-state index in [2.05, 4.69) is 11.8 Å². The Morgan fingerprint density at radius 3 is 2.33 bits per heavy atom. The molecule has 0 aromatic rings. The molecule has 0 aromatic heterocycles. The normalized spacial score (nSPS) is 43.4. The summed E-state index contributed by atoms with van der Waals surface area (Å²) in [5.74, 6) is 1.06. The molecule has 0 spiro atoms. The van der Waals surface area contributed by atoms with Crippen LogP contribution in [0.3, 0.4) is 0 Å². The van der Waals surface area contributed by atoms with Gasteiger partial charge >= 0.3 is 0 Å². The largest absolute Gasteiger partial charge is 0.294 e. The maximum Gasteiger partial charge on any atom is 0.0130 e. The van der Waals surface area contributed by atoms with Gasteiger partial charge in [-0.3, -0.25) is 4.90 Å². The fraction of sp³-hybridized carbons (Fsp3) is 1.00. The van der Waals surface area contributed by atoms with Crippen molar-refractivity contribution in [2.24, 2.45) is 5.92 Å². The first-order valence-corrected chi connectivity index (χ1v) is 7.13. The summed E-state index contributed by atoms with van der Waals surface area (Å²) in [6, 6.07) is 2.84. The summed E-state index contributed by atoms with van der Waals surface area (Å²) in [7, 11) is 0. The van der Waals surface area contributed by atoms with Gasteiger partial charge in [-0.1, -0.05) is 25.7 Å². The van der Waals surface area contributed by atoms with Crippen molar-refractivity contribution in [3.8, 4) is 0 Å². The molecule has 0 aromatic carbocycles. The van der Waals surface area contributed by atoms with Crippen LogP contribution in [0.25, 0.3) is 0 Å². The summed E-state index contributed by atoms with van der Waals surface area (Å²) in [6.45, 7) is 2.48. The van der Waals surface area contributed by atoms with Crippen LogP contribution in [0.1, 0.15) is 64.7 Å². The Hall–Kier alpha value is -0.0400. The molecule has 15 heavy (non-hydrogen) atoms. The summed E-state index contributed by atoms with van der Waals surface area (Å²) in [6.07, 6.45) is 13.5. The van der Waals surface area contributed by atoms with Gasteiger partial charge in [0.1, 0.15) is 0 Å². The van der Waals surface area contributed by atoms with E-state index in [0.717, 1.165) is 24.0 Å². The zero-order valence-electron chi connectivity index (χ0n) is 10.1. The Labute approximate surface area is 94.2 Å². The van der Waals surface area contributed by atoms with Crippen LogP contribution in [0.15, 0.2) is 0 Å². The van der Waals surface area contributed by atoms with E-state index in [1.54, 1.807) is 0 Å². The number of hydrogen-bond donors (Lipinski definition) is 0. The van der Waals surface area contributed by atoms with Crippen molar-refractivity contribution in [3.05, 3.63) is 0 Å². The van der Waals surface area contributed by atoms with Crippen molar-refractivity contribution in [1.29, 1.82) is 0 Å². The summed E-state index contributed by atoms with van der Waals surface area (Å²) >= 11 is 0. The molecule has 0 N–H and O–H groups in total. The number of rotatable bonds is 1. The average Bonchev–Trinajstić information content (AvgIpc) is 2.82. The Kier molecular flexibility index (Phi) is 2.76. The predicted octanol–water partition coefficient (Wildman–Crippen LogP) is 3.58. The van der Waals surface area contributed by atoms with Gasteiger partial charge in [-0.15, -0.1) is 0 Å². The van der Waals surface area contributed by atoms with Gasteiger partial charge in [-0.05, 0) is 44.9 Å². The first-order valence-electron chi connectivity index (χ1n) is 7.13. The van der Waals surface area contributed by atoms with E-state index < -0.39 is 0 Å². The lowest BCUT2D eigenvalue weighted by Crippen LogP contribution is -2.43. The third-order valence-electron chi connectivity index (χ3n) is 5.15. The van der Waals surface area contributed by atoms with Crippen molar-refractivity contribution in [1.82, 2.24) is 4.90 Å². The molecular weight excluding hydrogens is 182 g/mol. The quantitative estimate of drug-likeness (QED) is 0.635. The van der Waals surface area contributed by atoms with Crippen LogP contribution in [-0.2, 0) is 0 Å². The summed E-state index contributed by atoms with van der Waals surface area (Å²) in [4.78, 5) is 2.94. The van der Waals surface area contributed by atoms with Crippen LogP contribution in [0, 0.1) is 5.92 Å². The average molecular weight is 207 g/mol. The van der Waals surface area contributed by atoms with E-state index in [9.17, 15) is 0 Å². The second-order valence-electron chi connectivity index (χ2n) is 6.08. The van der Waals surface area contributed by atoms with Crippen LogP contribution < -0.4 is 0 Å². The van der Waals surface area contributed by atoms with Gasteiger partial charge in [0.05, 0.1) is 0 Å². The lowest BCUT2D eigenvalue weighted by molar-refractivity contribution is 0.106. The summed E-state index contributed by atoms with van der Waals surface area (Å²) in [5, 5.41) is 0. The van der Waals surface area contributed by atoms with Gasteiger partial charge in [-0.25, -0.2) is 0 Å². The molecule has 3 fully saturated rings. The fourth-order valence-corrected chi connectivity index (χ4v) is 4.58. The standard InChI is InChI=1S/C14H25N/c1-11-10-12-6-2-5-9-14(12)15(11)13-7-3-4-8-13/h11-14H,2-10H2,1H3/t11-,12-,14+/m1/s1. The summed E-state index contributed by atoms with van der Waals surface area (Å²) < 4.78 is 0. The fourth-order valence-electron chi connectivity index (χ4n) is 4.58. The molecule has 0 unspecified atom stereocenters. The first kappa shape index (κ1) is 10.1. The second kappa shape index (κ2) is 4.08. The number of nitrogens with zero attached hydrogens (tertiary/aromatic N) is 1. The van der Waals surface area contributed by atoms with Gasteiger partial charge in [0.15, 0.2) is 0 Å². The molecule has 3 rings (SSSR count). The van der Waals surface area contributed by atoms with Crippen molar-refractivity contribution in [2.75, 3.05) is 0 Å². The molecule has 0 radical (unpaired) electrons. The zero-order chi connectivity index (χ0) is 10.3. The molecule has 1 heteroatoms. The van der Waals surface area contributed by atoms with E-state index in [4.69, 9.17) is 0 Å². The molecule has 1 heterocycles. The lowest BCUT2D eigenvalue weighted by atomic mass is 9.84. The van der Waals surface area contributed by atoms with Gasteiger partial charge in [-0.2, -0.15) is 0 Å². The monoisotopic (exact) mass is 207 g/mol. The summed E-state index contributed by atoms with van der Waals surface area (Å²) in [5.41, 5.74) is 0. The van der Waals surface area contributed by atoms with E-state index in [0.29, 0.717) is 0 Å². The molecule has 2 saturated carbocycles. The van der Waals surface area contributed by atoms with Crippen LogP contribution in [-0.4, -0.2) is 23.0 Å². The van der Waals surface area contributed by atoms with Crippen LogP contribution >= 0.6 is 0 Å². The van der Waals surface area contributed by atoms with E-state index in [1.165, 1.54) is 57.8 Å².